The van der Waals surface area contributed by atoms with Crippen LogP contribution in [0.5, 0.6) is 0 Å². The Hall–Kier alpha value is -1.32. The summed E-state index contributed by atoms with van der Waals surface area (Å²) in [5.74, 6) is -2.16. The molecule has 2 bridgehead atoms. The first-order chi connectivity index (χ1) is 12.4. The van der Waals surface area contributed by atoms with Crippen molar-refractivity contribution >= 4 is 0 Å². The van der Waals surface area contributed by atoms with Crippen molar-refractivity contribution in [1.29, 1.82) is 0 Å². The molecular formula is C18H20F6O3. The van der Waals surface area contributed by atoms with Gasteiger partial charge < -0.3 is 14.9 Å². The highest BCUT2D eigenvalue weighted by atomic mass is 19.4. The predicted octanol–water partition coefficient (Wildman–Crippen LogP) is 3.83. The van der Waals surface area contributed by atoms with Crippen LogP contribution in [0.2, 0.25) is 0 Å². The van der Waals surface area contributed by atoms with E-state index in [-0.39, 0.29) is 25.4 Å². The summed E-state index contributed by atoms with van der Waals surface area (Å²) in [6.45, 7) is 0.200. The van der Waals surface area contributed by atoms with Gasteiger partial charge in [-0.3, -0.25) is 0 Å². The third-order valence-corrected chi connectivity index (χ3v) is 5.81. The van der Waals surface area contributed by atoms with Gasteiger partial charge in [0.05, 0.1) is 18.8 Å². The molecule has 0 heterocycles. The van der Waals surface area contributed by atoms with Crippen molar-refractivity contribution in [1.82, 2.24) is 0 Å². The second kappa shape index (κ2) is 6.93. The van der Waals surface area contributed by atoms with E-state index in [4.69, 9.17) is 4.74 Å². The molecule has 9 heteroatoms. The quantitative estimate of drug-likeness (QED) is 0.742. The fourth-order valence-corrected chi connectivity index (χ4v) is 4.42. The third kappa shape index (κ3) is 3.69. The van der Waals surface area contributed by atoms with Crippen LogP contribution in [0.15, 0.2) is 30.3 Å². The molecule has 0 aliphatic heterocycles. The first kappa shape index (κ1) is 20.4. The Morgan fingerprint density at radius 3 is 2.07 bits per heavy atom. The molecule has 27 heavy (non-hydrogen) atoms. The number of ether oxygens (including phenoxy) is 1. The van der Waals surface area contributed by atoms with Crippen molar-refractivity contribution < 1.29 is 41.3 Å². The minimum absolute atomic E-state index is 0.0512. The summed E-state index contributed by atoms with van der Waals surface area (Å²) in [6, 6.07) is 9.06. The van der Waals surface area contributed by atoms with Gasteiger partial charge in [-0.25, -0.2) is 0 Å². The number of fused-ring (bicyclic) bond motifs is 2. The van der Waals surface area contributed by atoms with Crippen LogP contribution in [0, 0.1) is 17.8 Å². The number of alkyl halides is 6. The van der Waals surface area contributed by atoms with Gasteiger partial charge in [-0.1, -0.05) is 30.3 Å². The minimum Gasteiger partial charge on any atom is -0.390 e. The van der Waals surface area contributed by atoms with Crippen molar-refractivity contribution in [2.45, 2.75) is 56.0 Å². The zero-order valence-corrected chi connectivity index (χ0v) is 14.2. The average molecular weight is 398 g/mol. The lowest BCUT2D eigenvalue weighted by Gasteiger charge is -2.39. The summed E-state index contributed by atoms with van der Waals surface area (Å²) >= 11 is 0. The van der Waals surface area contributed by atoms with Gasteiger partial charge in [0.1, 0.15) is 0 Å². The normalized spacial score (nSPS) is 31.5. The highest BCUT2D eigenvalue weighted by Gasteiger charge is 2.71. The van der Waals surface area contributed by atoms with Gasteiger partial charge in [-0.05, 0) is 42.6 Å². The van der Waals surface area contributed by atoms with Crippen molar-refractivity contribution in [3.63, 3.8) is 0 Å². The zero-order valence-electron chi connectivity index (χ0n) is 14.2. The predicted molar refractivity (Wildman–Crippen MR) is 82.4 cm³/mol. The van der Waals surface area contributed by atoms with Crippen LogP contribution < -0.4 is 0 Å². The second-order valence-corrected chi connectivity index (χ2v) is 7.47. The van der Waals surface area contributed by atoms with E-state index in [0.29, 0.717) is 0 Å². The number of aliphatic hydroxyl groups excluding tert-OH is 1. The molecule has 152 valence electrons. The van der Waals surface area contributed by atoms with Gasteiger partial charge in [0.25, 0.3) is 5.60 Å². The van der Waals surface area contributed by atoms with Gasteiger partial charge in [0, 0.05) is 0 Å². The van der Waals surface area contributed by atoms with Gasteiger partial charge in [-0.2, -0.15) is 26.3 Å². The molecule has 5 atom stereocenters. The number of hydrogen-bond donors (Lipinski definition) is 2. The average Bonchev–Trinajstić information content (AvgIpc) is 3.09. The van der Waals surface area contributed by atoms with Gasteiger partial charge in [0.15, 0.2) is 0 Å². The van der Waals surface area contributed by atoms with E-state index < -0.39 is 48.4 Å². The smallest absolute Gasteiger partial charge is 0.390 e. The molecule has 0 amide bonds. The van der Waals surface area contributed by atoms with Crippen molar-refractivity contribution in [2.75, 3.05) is 0 Å². The lowest BCUT2D eigenvalue weighted by Crippen LogP contribution is -2.58. The van der Waals surface area contributed by atoms with E-state index in [9.17, 15) is 36.6 Å². The van der Waals surface area contributed by atoms with Crippen LogP contribution in [0.4, 0.5) is 26.3 Å². The molecule has 1 aromatic rings. The number of halogens is 6. The molecule has 0 spiro atoms. The minimum atomic E-state index is -5.83. The van der Waals surface area contributed by atoms with Crippen molar-refractivity contribution in [2.24, 2.45) is 17.8 Å². The molecule has 0 unspecified atom stereocenters. The SMILES string of the molecule is O[C@@H]1[C@H]2C[C@H](C[C@H]2CC(O)(C(F)(F)F)C(F)(F)F)[C@H]1OCc1ccccc1. The topological polar surface area (TPSA) is 49.7 Å². The Labute approximate surface area is 151 Å². The van der Waals surface area contributed by atoms with Crippen LogP contribution >= 0.6 is 0 Å². The zero-order chi connectivity index (χ0) is 20.0. The van der Waals surface area contributed by atoms with Gasteiger partial charge >= 0.3 is 12.4 Å². The lowest BCUT2D eigenvalue weighted by atomic mass is 9.77. The summed E-state index contributed by atoms with van der Waals surface area (Å²) in [6.07, 6.45) is -14.6. The molecule has 2 saturated carbocycles. The molecule has 2 aliphatic carbocycles. The maximum atomic E-state index is 12.9. The largest absolute Gasteiger partial charge is 0.426 e. The molecule has 1 aromatic carbocycles. The summed E-state index contributed by atoms with van der Waals surface area (Å²) < 4.78 is 83.2. The van der Waals surface area contributed by atoms with Crippen LogP contribution in [0.25, 0.3) is 0 Å². The van der Waals surface area contributed by atoms with E-state index in [0.717, 1.165) is 5.56 Å². The molecular weight excluding hydrogens is 378 g/mol. The molecule has 2 fully saturated rings. The number of hydrogen-bond acceptors (Lipinski definition) is 3. The van der Waals surface area contributed by atoms with Crippen LogP contribution in [0.1, 0.15) is 24.8 Å². The van der Waals surface area contributed by atoms with Gasteiger partial charge in [-0.15, -0.1) is 0 Å². The molecule has 0 radical (unpaired) electrons. The fraction of sp³-hybridized carbons (Fsp3) is 0.667. The molecule has 3 nitrogen and oxygen atoms in total. The molecule has 2 N–H and O–H groups in total. The number of benzene rings is 1. The Balaban J connectivity index is 1.66. The maximum Gasteiger partial charge on any atom is 0.426 e. The fourth-order valence-electron chi connectivity index (χ4n) is 4.42. The van der Waals surface area contributed by atoms with Crippen molar-refractivity contribution in [3.8, 4) is 0 Å². The summed E-state index contributed by atoms with van der Waals surface area (Å²) in [5, 5.41) is 19.8. The van der Waals surface area contributed by atoms with Crippen molar-refractivity contribution in [3.05, 3.63) is 35.9 Å². The van der Waals surface area contributed by atoms with E-state index in [1.165, 1.54) is 0 Å². The first-order valence-corrected chi connectivity index (χ1v) is 8.63. The highest BCUT2D eigenvalue weighted by molar-refractivity contribution is 5.14. The van der Waals surface area contributed by atoms with E-state index >= 15 is 0 Å². The Bertz CT molecular complexity index is 629. The number of aliphatic hydroxyl groups is 2. The molecule has 2 aliphatic rings. The second-order valence-electron chi connectivity index (χ2n) is 7.47. The monoisotopic (exact) mass is 398 g/mol. The van der Waals surface area contributed by atoms with Crippen LogP contribution in [-0.4, -0.2) is 40.4 Å². The number of rotatable bonds is 5. The van der Waals surface area contributed by atoms with E-state index in [2.05, 4.69) is 0 Å². The van der Waals surface area contributed by atoms with Crippen LogP contribution in [-0.2, 0) is 11.3 Å². The summed E-state index contributed by atoms with van der Waals surface area (Å²) in [5.41, 5.74) is -3.91. The summed E-state index contributed by atoms with van der Waals surface area (Å²) in [7, 11) is 0. The first-order valence-electron chi connectivity index (χ1n) is 8.63. The molecule has 0 saturated heterocycles. The maximum absolute atomic E-state index is 12.9. The van der Waals surface area contributed by atoms with Crippen LogP contribution in [0.3, 0.4) is 0 Å². The van der Waals surface area contributed by atoms with E-state index in [1.807, 2.05) is 18.2 Å². The highest BCUT2D eigenvalue weighted by Crippen LogP contribution is 2.56. The van der Waals surface area contributed by atoms with Gasteiger partial charge in [0.2, 0.25) is 0 Å². The third-order valence-electron chi connectivity index (χ3n) is 5.81. The molecule has 3 rings (SSSR count). The Morgan fingerprint density at radius 2 is 1.56 bits per heavy atom. The van der Waals surface area contributed by atoms with E-state index in [1.54, 1.807) is 12.1 Å². The lowest BCUT2D eigenvalue weighted by molar-refractivity contribution is -0.373. The molecule has 0 aromatic heterocycles. The Kier molecular flexibility index (Phi) is 5.24. The standard InChI is InChI=1S/C18H20F6O3/c19-17(20,21)16(26,18(22,23)24)8-12-6-11-7-13(12)14(25)15(11)27-9-10-4-2-1-3-5-10/h1-5,11-15,25-26H,6-9H2/t11-,12-,13-,14+,15+/m0/s1. The Morgan fingerprint density at radius 1 is 0.963 bits per heavy atom. The summed E-state index contributed by atoms with van der Waals surface area (Å²) in [4.78, 5) is 0.